The van der Waals surface area contributed by atoms with E-state index in [1.165, 1.54) is 0 Å². The molecule has 5 nitrogen and oxygen atoms in total. The van der Waals surface area contributed by atoms with E-state index in [0.29, 0.717) is 0 Å². The average molecular weight is 289 g/mol. The molecule has 0 amide bonds. The monoisotopic (exact) mass is 289 g/mol. The Kier molecular flexibility index (Phi) is 5.78. The highest BCUT2D eigenvalue weighted by atomic mass is 16.5. The Balaban J connectivity index is 1.92. The largest absolute Gasteiger partial charge is 0.496 e. The number of para-hydroxylation sites is 1. The molecular formula is C16H23N3O2. The van der Waals surface area contributed by atoms with Gasteiger partial charge in [0, 0.05) is 24.7 Å². The second-order valence-electron chi connectivity index (χ2n) is 5.05. The maximum Gasteiger partial charge on any atom is 0.151 e. The molecule has 0 aliphatic heterocycles. The maximum atomic E-state index is 5.37. The molecule has 0 spiro atoms. The molecule has 0 radical (unpaired) electrons. The van der Waals surface area contributed by atoms with Crippen molar-refractivity contribution < 1.29 is 9.26 Å². The summed E-state index contributed by atoms with van der Waals surface area (Å²) in [6, 6.07) is 10.1. The molecule has 0 fully saturated rings. The number of nitrogens with zero attached hydrogens (tertiary/aromatic N) is 2. The summed E-state index contributed by atoms with van der Waals surface area (Å²) in [4.78, 5) is 2.18. The van der Waals surface area contributed by atoms with Crippen LogP contribution >= 0.6 is 0 Å². The summed E-state index contributed by atoms with van der Waals surface area (Å²) in [5.74, 6) is 1.79. The zero-order chi connectivity index (χ0) is 15.1. The van der Waals surface area contributed by atoms with E-state index in [-0.39, 0.29) is 0 Å². The molecule has 0 aliphatic carbocycles. The second-order valence-corrected chi connectivity index (χ2v) is 5.05. The van der Waals surface area contributed by atoms with Gasteiger partial charge in [-0.3, -0.25) is 4.90 Å². The van der Waals surface area contributed by atoms with Gasteiger partial charge in [0.05, 0.1) is 19.3 Å². The van der Waals surface area contributed by atoms with Crippen LogP contribution in [0.2, 0.25) is 0 Å². The normalized spacial score (nSPS) is 11.0. The minimum absolute atomic E-state index is 0.719. The highest BCUT2D eigenvalue weighted by Crippen LogP contribution is 2.19. The fraction of sp³-hybridized carbons (Fsp3) is 0.438. The zero-order valence-electron chi connectivity index (χ0n) is 12.9. The Morgan fingerprint density at radius 3 is 2.86 bits per heavy atom. The first-order valence-electron chi connectivity index (χ1n) is 7.18. The van der Waals surface area contributed by atoms with Gasteiger partial charge >= 0.3 is 0 Å². The first-order valence-corrected chi connectivity index (χ1v) is 7.18. The molecule has 0 bridgehead atoms. The van der Waals surface area contributed by atoms with Gasteiger partial charge in [0.2, 0.25) is 0 Å². The van der Waals surface area contributed by atoms with E-state index in [2.05, 4.69) is 35.4 Å². The molecular weight excluding hydrogens is 266 g/mol. The van der Waals surface area contributed by atoms with E-state index in [4.69, 9.17) is 9.26 Å². The van der Waals surface area contributed by atoms with E-state index >= 15 is 0 Å². The van der Waals surface area contributed by atoms with Gasteiger partial charge < -0.3 is 14.6 Å². The molecule has 114 valence electrons. The quantitative estimate of drug-likeness (QED) is 0.809. The molecule has 0 aliphatic rings. The van der Waals surface area contributed by atoms with Crippen molar-refractivity contribution in [2.45, 2.75) is 26.6 Å². The van der Waals surface area contributed by atoms with Crippen LogP contribution in [-0.2, 0) is 19.6 Å². The minimum Gasteiger partial charge on any atom is -0.496 e. The highest BCUT2D eigenvalue weighted by molar-refractivity contribution is 5.33. The van der Waals surface area contributed by atoms with Crippen molar-refractivity contribution in [3.63, 3.8) is 0 Å². The van der Waals surface area contributed by atoms with Gasteiger partial charge in [-0.15, -0.1) is 0 Å². The molecule has 0 saturated carbocycles. The van der Waals surface area contributed by atoms with Gasteiger partial charge in [-0.2, -0.15) is 0 Å². The first kappa shape index (κ1) is 15.5. The van der Waals surface area contributed by atoms with Gasteiger partial charge in [0.15, 0.2) is 5.76 Å². The fourth-order valence-electron chi connectivity index (χ4n) is 2.21. The Hall–Kier alpha value is -1.85. The van der Waals surface area contributed by atoms with Crippen molar-refractivity contribution in [3.8, 4) is 5.75 Å². The van der Waals surface area contributed by atoms with E-state index in [0.717, 1.165) is 48.9 Å². The Labute approximate surface area is 125 Å². The number of ether oxygens (including phenoxy) is 1. The molecule has 0 saturated heterocycles. The van der Waals surface area contributed by atoms with Crippen molar-refractivity contribution in [1.29, 1.82) is 0 Å². The SMILES string of the molecule is CCNCc1cc(CN(C)Cc2ccccc2OC)on1. The van der Waals surface area contributed by atoms with Crippen LogP contribution in [0.15, 0.2) is 34.9 Å². The number of rotatable bonds is 8. The fourth-order valence-corrected chi connectivity index (χ4v) is 2.21. The van der Waals surface area contributed by atoms with Crippen molar-refractivity contribution in [1.82, 2.24) is 15.4 Å². The van der Waals surface area contributed by atoms with Gasteiger partial charge in [-0.1, -0.05) is 30.3 Å². The van der Waals surface area contributed by atoms with Crippen LogP contribution in [0.25, 0.3) is 0 Å². The van der Waals surface area contributed by atoms with Crippen LogP contribution < -0.4 is 10.1 Å². The van der Waals surface area contributed by atoms with E-state index in [9.17, 15) is 0 Å². The Morgan fingerprint density at radius 1 is 1.29 bits per heavy atom. The lowest BCUT2D eigenvalue weighted by Crippen LogP contribution is -2.17. The molecule has 0 atom stereocenters. The van der Waals surface area contributed by atoms with Crippen LogP contribution in [0.3, 0.4) is 0 Å². The summed E-state index contributed by atoms with van der Waals surface area (Å²) < 4.78 is 10.7. The van der Waals surface area contributed by atoms with E-state index in [1.807, 2.05) is 24.3 Å². The minimum atomic E-state index is 0.719. The molecule has 2 aromatic rings. The number of hydrogen-bond donors (Lipinski definition) is 1. The van der Waals surface area contributed by atoms with Crippen molar-refractivity contribution in [3.05, 3.63) is 47.3 Å². The molecule has 1 N–H and O–H groups in total. The molecule has 1 heterocycles. The van der Waals surface area contributed by atoms with Crippen LogP contribution in [0, 0.1) is 0 Å². The first-order chi connectivity index (χ1) is 10.2. The third-order valence-electron chi connectivity index (χ3n) is 3.22. The Bertz CT molecular complexity index is 554. The topological polar surface area (TPSA) is 50.5 Å². The van der Waals surface area contributed by atoms with E-state index < -0.39 is 0 Å². The highest BCUT2D eigenvalue weighted by Gasteiger charge is 2.09. The van der Waals surface area contributed by atoms with Gasteiger partial charge in [0.25, 0.3) is 0 Å². The van der Waals surface area contributed by atoms with Crippen LogP contribution in [0.5, 0.6) is 5.75 Å². The standard InChI is InChI=1S/C16H23N3O2/c1-4-17-10-14-9-15(21-18-14)12-19(2)11-13-7-5-6-8-16(13)20-3/h5-9,17H,4,10-12H2,1-3H3. The summed E-state index contributed by atoms with van der Waals surface area (Å²) in [5.41, 5.74) is 2.10. The maximum absolute atomic E-state index is 5.37. The van der Waals surface area contributed by atoms with Crippen molar-refractivity contribution in [2.24, 2.45) is 0 Å². The molecule has 21 heavy (non-hydrogen) atoms. The van der Waals surface area contributed by atoms with Gasteiger partial charge in [-0.25, -0.2) is 0 Å². The van der Waals surface area contributed by atoms with Crippen molar-refractivity contribution in [2.75, 3.05) is 20.7 Å². The summed E-state index contributed by atoms with van der Waals surface area (Å²) in [6.07, 6.45) is 0. The van der Waals surface area contributed by atoms with Gasteiger partial charge in [-0.05, 0) is 19.7 Å². The number of nitrogens with one attached hydrogen (secondary N) is 1. The molecule has 2 rings (SSSR count). The lowest BCUT2D eigenvalue weighted by Gasteiger charge is -2.16. The van der Waals surface area contributed by atoms with Crippen LogP contribution in [0.1, 0.15) is 23.9 Å². The zero-order valence-corrected chi connectivity index (χ0v) is 12.9. The molecule has 0 unspecified atom stereocenters. The lowest BCUT2D eigenvalue weighted by molar-refractivity contribution is 0.262. The average Bonchev–Trinajstić information content (AvgIpc) is 2.93. The van der Waals surface area contributed by atoms with Crippen LogP contribution in [0.4, 0.5) is 0 Å². The second kappa shape index (κ2) is 7.81. The number of hydrogen-bond acceptors (Lipinski definition) is 5. The number of benzene rings is 1. The lowest BCUT2D eigenvalue weighted by atomic mass is 10.2. The molecule has 1 aromatic carbocycles. The summed E-state index contributed by atoms with van der Waals surface area (Å²) in [7, 11) is 3.75. The molecule has 1 aromatic heterocycles. The number of aromatic nitrogens is 1. The third kappa shape index (κ3) is 4.58. The predicted octanol–water partition coefficient (Wildman–Crippen LogP) is 2.42. The molecule has 5 heteroatoms. The predicted molar refractivity (Wildman–Crippen MR) is 82.0 cm³/mol. The summed E-state index contributed by atoms with van der Waals surface area (Å²) in [5, 5.41) is 7.29. The van der Waals surface area contributed by atoms with Crippen molar-refractivity contribution >= 4 is 0 Å². The Morgan fingerprint density at radius 2 is 2.10 bits per heavy atom. The summed E-state index contributed by atoms with van der Waals surface area (Å²) >= 11 is 0. The third-order valence-corrected chi connectivity index (χ3v) is 3.22. The smallest absolute Gasteiger partial charge is 0.151 e. The van der Waals surface area contributed by atoms with Crippen LogP contribution in [-0.4, -0.2) is 30.8 Å². The van der Waals surface area contributed by atoms with Gasteiger partial charge in [0.1, 0.15) is 5.75 Å². The van der Waals surface area contributed by atoms with E-state index in [1.54, 1.807) is 7.11 Å². The number of methoxy groups -OCH3 is 1. The summed E-state index contributed by atoms with van der Waals surface area (Å²) in [6.45, 7) is 5.26.